The van der Waals surface area contributed by atoms with E-state index in [-0.39, 0.29) is 11.1 Å². The Labute approximate surface area is 116 Å². The lowest BCUT2D eigenvalue weighted by Crippen LogP contribution is -2.16. The van der Waals surface area contributed by atoms with Crippen molar-refractivity contribution in [2.75, 3.05) is 19.0 Å². The van der Waals surface area contributed by atoms with E-state index in [0.29, 0.717) is 0 Å². The number of alkyl halides is 6. The van der Waals surface area contributed by atoms with Crippen LogP contribution in [0, 0.1) is 0 Å². The molecule has 114 valence electrons. The number of hydrogen-bond donors (Lipinski definition) is 0. The van der Waals surface area contributed by atoms with Crippen LogP contribution in [0.2, 0.25) is 0 Å². The van der Waals surface area contributed by atoms with Crippen LogP contribution < -0.4 is 4.90 Å². The third-order valence-corrected chi connectivity index (χ3v) is 2.90. The number of hydrogen-bond acceptors (Lipinski definition) is 2. The van der Waals surface area contributed by atoms with Crippen LogP contribution in [0.3, 0.4) is 0 Å². The summed E-state index contributed by atoms with van der Waals surface area (Å²) in [6.45, 7) is 0. The van der Waals surface area contributed by atoms with Crippen LogP contribution in [0.25, 0.3) is 10.9 Å². The fraction of sp³-hybridized carbons (Fsp3) is 0.308. The van der Waals surface area contributed by atoms with Gasteiger partial charge in [0.15, 0.2) is 0 Å². The molecule has 2 nitrogen and oxygen atoms in total. The summed E-state index contributed by atoms with van der Waals surface area (Å²) in [7, 11) is 2.91. The maximum atomic E-state index is 12.9. The van der Waals surface area contributed by atoms with E-state index in [1.54, 1.807) is 0 Å². The van der Waals surface area contributed by atoms with Gasteiger partial charge in [0.05, 0.1) is 11.1 Å². The van der Waals surface area contributed by atoms with Crippen LogP contribution in [-0.2, 0) is 12.4 Å². The first-order valence-corrected chi connectivity index (χ1v) is 5.77. The maximum absolute atomic E-state index is 12.9. The molecule has 1 aromatic carbocycles. The van der Waals surface area contributed by atoms with Crippen molar-refractivity contribution < 1.29 is 26.3 Å². The Balaban J connectivity index is 2.91. The van der Waals surface area contributed by atoms with Crippen LogP contribution in [0.1, 0.15) is 11.3 Å². The molecule has 2 rings (SSSR count). The highest BCUT2D eigenvalue weighted by Gasteiger charge is 2.37. The van der Waals surface area contributed by atoms with Gasteiger partial charge in [0.1, 0.15) is 5.69 Å². The largest absolute Gasteiger partial charge is 0.433 e. The number of nitrogens with zero attached hydrogens (tertiary/aromatic N) is 2. The number of fused-ring (bicyclic) bond motifs is 1. The Morgan fingerprint density at radius 1 is 0.952 bits per heavy atom. The van der Waals surface area contributed by atoms with Gasteiger partial charge in [-0.25, -0.2) is 4.98 Å². The number of rotatable bonds is 1. The van der Waals surface area contributed by atoms with Gasteiger partial charge in [0, 0.05) is 25.2 Å². The highest BCUT2D eigenvalue weighted by Crippen LogP contribution is 2.39. The van der Waals surface area contributed by atoms with Crippen molar-refractivity contribution in [1.82, 2.24) is 4.98 Å². The molecule has 8 heteroatoms. The van der Waals surface area contributed by atoms with Crippen LogP contribution in [0.15, 0.2) is 24.3 Å². The van der Waals surface area contributed by atoms with Crippen LogP contribution >= 0.6 is 0 Å². The first-order chi connectivity index (χ1) is 9.51. The highest BCUT2D eigenvalue weighted by molar-refractivity contribution is 5.94. The predicted molar refractivity (Wildman–Crippen MR) is 66.1 cm³/mol. The fourth-order valence-corrected chi connectivity index (χ4v) is 1.97. The lowest BCUT2D eigenvalue weighted by Gasteiger charge is -2.19. The summed E-state index contributed by atoms with van der Waals surface area (Å²) >= 11 is 0. The summed E-state index contributed by atoms with van der Waals surface area (Å²) in [4.78, 5) is 4.50. The number of para-hydroxylation sites is 1. The molecule has 0 atom stereocenters. The topological polar surface area (TPSA) is 16.1 Å². The molecule has 0 radical (unpaired) electrons. The predicted octanol–water partition coefficient (Wildman–Crippen LogP) is 4.34. The second kappa shape index (κ2) is 4.78. The van der Waals surface area contributed by atoms with E-state index < -0.39 is 29.1 Å². The van der Waals surface area contributed by atoms with Gasteiger partial charge in [0.25, 0.3) is 0 Å². The zero-order chi connectivity index (χ0) is 16.0. The van der Waals surface area contributed by atoms with Gasteiger partial charge in [-0.05, 0) is 12.1 Å². The second-order valence-electron chi connectivity index (χ2n) is 4.62. The van der Waals surface area contributed by atoms with E-state index in [9.17, 15) is 26.3 Å². The molecule has 0 aliphatic heterocycles. The molecule has 1 aromatic heterocycles. The molecule has 0 unspecified atom stereocenters. The summed E-state index contributed by atoms with van der Waals surface area (Å²) in [5.74, 6) is 0. The third-order valence-electron chi connectivity index (χ3n) is 2.90. The molecule has 0 fully saturated rings. The molecule has 0 N–H and O–H groups in total. The summed E-state index contributed by atoms with van der Waals surface area (Å²) in [5.41, 5.74) is -3.22. The number of pyridine rings is 1. The van der Waals surface area contributed by atoms with Crippen molar-refractivity contribution in [3.05, 3.63) is 35.5 Å². The van der Waals surface area contributed by atoms with Crippen molar-refractivity contribution in [3.8, 4) is 0 Å². The molecule has 0 saturated carbocycles. The first kappa shape index (κ1) is 15.4. The smallest absolute Gasteiger partial charge is 0.377 e. The molecule has 0 bridgehead atoms. The van der Waals surface area contributed by atoms with Crippen molar-refractivity contribution in [3.63, 3.8) is 0 Å². The fourth-order valence-electron chi connectivity index (χ4n) is 1.97. The van der Waals surface area contributed by atoms with E-state index in [4.69, 9.17) is 0 Å². The van der Waals surface area contributed by atoms with E-state index in [1.807, 2.05) is 0 Å². The molecule has 0 saturated heterocycles. The quantitative estimate of drug-likeness (QED) is 0.729. The highest BCUT2D eigenvalue weighted by atomic mass is 19.4. The Bertz CT molecular complexity index is 673. The standard InChI is InChI=1S/C13H10F6N2/c1-21(2)9-6-10(13(17,18)19)20-11-7(9)4-3-5-8(11)12(14,15)16/h3-6H,1-2H3. The minimum absolute atomic E-state index is 0.0165. The zero-order valence-corrected chi connectivity index (χ0v) is 11.0. The van der Waals surface area contributed by atoms with Crippen LogP contribution in [-0.4, -0.2) is 19.1 Å². The number of anilines is 1. The van der Waals surface area contributed by atoms with Gasteiger partial charge >= 0.3 is 12.4 Å². The SMILES string of the molecule is CN(C)c1cc(C(F)(F)F)nc2c(C(F)(F)F)cccc12. The maximum Gasteiger partial charge on any atom is 0.433 e. The van der Waals surface area contributed by atoms with E-state index in [2.05, 4.69) is 4.98 Å². The van der Waals surface area contributed by atoms with Gasteiger partial charge in [-0.15, -0.1) is 0 Å². The van der Waals surface area contributed by atoms with Crippen LogP contribution in [0.5, 0.6) is 0 Å². The van der Waals surface area contributed by atoms with Gasteiger partial charge in [-0.2, -0.15) is 26.3 Å². The number of aromatic nitrogens is 1. The van der Waals surface area contributed by atoms with Gasteiger partial charge in [-0.1, -0.05) is 12.1 Å². The monoisotopic (exact) mass is 308 g/mol. The molecule has 0 aliphatic rings. The summed E-state index contributed by atoms with van der Waals surface area (Å²) in [6.07, 6.45) is -9.60. The minimum Gasteiger partial charge on any atom is -0.377 e. The van der Waals surface area contributed by atoms with Crippen molar-refractivity contribution in [2.45, 2.75) is 12.4 Å². The normalized spacial score (nSPS) is 12.8. The van der Waals surface area contributed by atoms with Crippen molar-refractivity contribution in [1.29, 1.82) is 0 Å². The molecule has 0 aliphatic carbocycles. The minimum atomic E-state index is -4.82. The Kier molecular flexibility index (Phi) is 3.51. The summed E-state index contributed by atoms with van der Waals surface area (Å²) in [6, 6.07) is 3.91. The average molecular weight is 308 g/mol. The number of benzene rings is 1. The Hall–Kier alpha value is -1.99. The van der Waals surface area contributed by atoms with Crippen molar-refractivity contribution >= 4 is 16.6 Å². The summed E-state index contributed by atoms with van der Waals surface area (Å²) in [5, 5.41) is 0.0165. The summed E-state index contributed by atoms with van der Waals surface area (Å²) < 4.78 is 77.3. The van der Waals surface area contributed by atoms with Gasteiger partial charge in [0.2, 0.25) is 0 Å². The molecule has 0 amide bonds. The molecular formula is C13H10F6N2. The van der Waals surface area contributed by atoms with Crippen molar-refractivity contribution in [2.24, 2.45) is 0 Å². The first-order valence-electron chi connectivity index (χ1n) is 5.77. The molecule has 1 heterocycles. The second-order valence-corrected chi connectivity index (χ2v) is 4.62. The average Bonchev–Trinajstić information content (AvgIpc) is 2.34. The molecule has 21 heavy (non-hydrogen) atoms. The molecule has 0 spiro atoms. The number of halogens is 6. The van der Waals surface area contributed by atoms with Gasteiger partial charge in [-0.3, -0.25) is 0 Å². The third kappa shape index (κ3) is 2.88. The van der Waals surface area contributed by atoms with E-state index in [0.717, 1.165) is 18.2 Å². The lowest BCUT2D eigenvalue weighted by atomic mass is 10.1. The lowest BCUT2D eigenvalue weighted by molar-refractivity contribution is -0.142. The van der Waals surface area contributed by atoms with Gasteiger partial charge < -0.3 is 4.90 Å². The van der Waals surface area contributed by atoms with Crippen LogP contribution in [0.4, 0.5) is 32.0 Å². The van der Waals surface area contributed by atoms with E-state index in [1.165, 1.54) is 25.1 Å². The Morgan fingerprint density at radius 2 is 1.57 bits per heavy atom. The zero-order valence-electron chi connectivity index (χ0n) is 11.0. The Morgan fingerprint density at radius 3 is 2.05 bits per heavy atom. The molecular weight excluding hydrogens is 298 g/mol. The van der Waals surface area contributed by atoms with E-state index >= 15 is 0 Å². The molecule has 2 aromatic rings.